The predicted octanol–water partition coefficient (Wildman–Crippen LogP) is -5.27. The minimum Gasteiger partial charge on any atom is -1.00 e. The van der Waals surface area contributed by atoms with Crippen LogP contribution in [0.5, 0.6) is 0 Å². The molecular formula is C33H39Br3N6. The van der Waals surface area contributed by atoms with Crippen LogP contribution in [0.4, 0.5) is 0 Å². The van der Waals surface area contributed by atoms with E-state index in [-0.39, 0.29) is 50.9 Å². The zero-order valence-corrected chi connectivity index (χ0v) is 30.0. The molecule has 8 rings (SSSR count). The molecule has 42 heavy (non-hydrogen) atoms. The van der Waals surface area contributed by atoms with Gasteiger partial charge in [0.25, 0.3) is 0 Å². The van der Waals surface area contributed by atoms with Crippen molar-refractivity contribution in [3.8, 4) is 0 Å². The average Bonchev–Trinajstić information content (AvgIpc) is 3.66. The standard InChI is InChI=1S/C33H39N6.3BrH/c1-22-28-13-34-7-9-37(19-34)16-31-25(4)32-17-38-10-8-35(20-38)14-29(22)24(3)30(23(28)2)15-36-11-12-39(21-36)18-33(26(31)5)27(32)6;;;/h7-12,19-21H,13-18H2,1-6H3;3*1H/q+3;;;/p-3. The number of imidazole rings is 3. The fourth-order valence-corrected chi connectivity index (χ4v) is 7.18. The summed E-state index contributed by atoms with van der Waals surface area (Å²) in [7, 11) is 0. The fourth-order valence-electron chi connectivity index (χ4n) is 7.18. The van der Waals surface area contributed by atoms with Crippen LogP contribution >= 0.6 is 0 Å². The van der Waals surface area contributed by atoms with E-state index in [1.54, 1.807) is 0 Å². The van der Waals surface area contributed by atoms with Crippen LogP contribution < -0.4 is 64.6 Å². The highest BCUT2D eigenvalue weighted by Crippen LogP contribution is 2.31. The van der Waals surface area contributed by atoms with Gasteiger partial charge in [-0.05, 0) is 74.9 Å². The number of nitrogens with zero attached hydrogens (tertiary/aromatic N) is 6. The number of benzene rings is 2. The molecule has 0 unspecified atom stereocenters. The summed E-state index contributed by atoms with van der Waals surface area (Å²) >= 11 is 0. The summed E-state index contributed by atoms with van der Waals surface area (Å²) in [5.74, 6) is 0. The van der Waals surface area contributed by atoms with Gasteiger partial charge in [-0.3, -0.25) is 0 Å². The molecule has 0 aliphatic carbocycles. The summed E-state index contributed by atoms with van der Waals surface area (Å²) in [6.07, 6.45) is 20.4. The third-order valence-electron chi connectivity index (χ3n) is 9.71. The minimum absolute atomic E-state index is 0. The van der Waals surface area contributed by atoms with Crippen LogP contribution in [0.15, 0.2) is 56.2 Å². The first-order valence-electron chi connectivity index (χ1n) is 14.1. The number of aromatic nitrogens is 6. The van der Waals surface area contributed by atoms with Gasteiger partial charge in [0.15, 0.2) is 0 Å². The van der Waals surface area contributed by atoms with Crippen molar-refractivity contribution in [3.63, 3.8) is 0 Å². The smallest absolute Gasteiger partial charge is 0.244 e. The average molecular weight is 759 g/mol. The van der Waals surface area contributed by atoms with Crippen molar-refractivity contribution < 1.29 is 64.6 Å². The van der Waals surface area contributed by atoms with Gasteiger partial charge < -0.3 is 50.9 Å². The van der Waals surface area contributed by atoms with E-state index in [1.165, 1.54) is 66.8 Å². The van der Waals surface area contributed by atoms with E-state index in [9.17, 15) is 0 Å². The van der Waals surface area contributed by atoms with Crippen LogP contribution in [0.3, 0.4) is 0 Å². The second-order valence-electron chi connectivity index (χ2n) is 11.9. The van der Waals surface area contributed by atoms with Crippen molar-refractivity contribution in [1.29, 1.82) is 0 Å². The molecule has 0 atom stereocenters. The van der Waals surface area contributed by atoms with Gasteiger partial charge in [0.05, 0.1) is 0 Å². The van der Waals surface area contributed by atoms with Gasteiger partial charge in [-0.1, -0.05) is 0 Å². The third kappa shape index (κ3) is 5.37. The highest BCUT2D eigenvalue weighted by atomic mass is 79.9. The molecule has 5 aromatic rings. The van der Waals surface area contributed by atoms with Crippen molar-refractivity contribution in [2.75, 3.05) is 0 Å². The Morgan fingerprint density at radius 1 is 0.405 bits per heavy atom. The molecule has 0 radical (unpaired) electrons. The Kier molecular flexibility index (Phi) is 9.46. The Hall–Kier alpha value is -2.49. The molecule has 3 aromatic heterocycles. The zero-order valence-electron chi connectivity index (χ0n) is 25.3. The summed E-state index contributed by atoms with van der Waals surface area (Å²) in [6, 6.07) is 0. The molecule has 0 N–H and O–H groups in total. The maximum Gasteiger partial charge on any atom is 0.244 e. The quantitative estimate of drug-likeness (QED) is 0.139. The van der Waals surface area contributed by atoms with Crippen molar-refractivity contribution in [2.24, 2.45) is 0 Å². The number of hydrogen-bond acceptors (Lipinski definition) is 0. The fraction of sp³-hybridized carbons (Fsp3) is 0.364. The van der Waals surface area contributed by atoms with Gasteiger partial charge >= 0.3 is 0 Å². The van der Waals surface area contributed by atoms with Crippen molar-refractivity contribution in [3.05, 3.63) is 123 Å². The predicted molar refractivity (Wildman–Crippen MR) is 150 cm³/mol. The maximum atomic E-state index is 2.36. The van der Waals surface area contributed by atoms with E-state index < -0.39 is 0 Å². The minimum atomic E-state index is 0. The number of hydrogen-bond donors (Lipinski definition) is 0. The lowest BCUT2D eigenvalue weighted by Crippen LogP contribution is -3.00. The van der Waals surface area contributed by atoms with Crippen LogP contribution in [-0.2, 0) is 39.3 Å². The van der Waals surface area contributed by atoms with Crippen LogP contribution in [0.2, 0.25) is 0 Å². The van der Waals surface area contributed by atoms with Crippen LogP contribution in [0.1, 0.15) is 66.8 Å². The second-order valence-corrected chi connectivity index (χ2v) is 11.9. The molecule has 0 fully saturated rings. The molecular weight excluding hydrogens is 720 g/mol. The summed E-state index contributed by atoms with van der Waals surface area (Å²) in [6.45, 7) is 19.3. The van der Waals surface area contributed by atoms with E-state index in [4.69, 9.17) is 0 Å². The molecule has 0 saturated carbocycles. The lowest BCUT2D eigenvalue weighted by molar-refractivity contribution is -0.690. The van der Waals surface area contributed by atoms with E-state index >= 15 is 0 Å². The van der Waals surface area contributed by atoms with Crippen molar-refractivity contribution >= 4 is 0 Å². The first-order chi connectivity index (χ1) is 18.8. The van der Waals surface area contributed by atoms with Crippen LogP contribution in [-0.4, -0.2) is 13.7 Å². The topological polar surface area (TPSA) is 26.4 Å². The van der Waals surface area contributed by atoms with Crippen LogP contribution in [0, 0.1) is 41.5 Å². The summed E-state index contributed by atoms with van der Waals surface area (Å²) < 4.78 is 14.2. The molecule has 3 aliphatic rings. The summed E-state index contributed by atoms with van der Waals surface area (Å²) in [4.78, 5) is 0. The van der Waals surface area contributed by atoms with Gasteiger partial charge in [-0.25, -0.2) is 27.4 Å². The Bertz CT molecular complexity index is 1420. The molecule has 12 bridgehead atoms. The largest absolute Gasteiger partial charge is 1.00 e. The Morgan fingerprint density at radius 3 is 0.905 bits per heavy atom. The maximum absolute atomic E-state index is 2.36. The summed E-state index contributed by atoms with van der Waals surface area (Å²) in [5.41, 5.74) is 17.2. The third-order valence-corrected chi connectivity index (χ3v) is 9.71. The van der Waals surface area contributed by atoms with Crippen LogP contribution in [0.25, 0.3) is 0 Å². The SMILES string of the molecule is Cc1c2c(C)c3c(C)c1Cn1cc[n+](c1)Cc1c(C)c(c(C)c(c1C)C[n+]1ccn(c1)C3)C[n+]1ccn(c1)C2.[Br-].[Br-].[Br-]. The van der Waals surface area contributed by atoms with E-state index in [1.807, 2.05) is 0 Å². The molecule has 3 aliphatic heterocycles. The molecule has 2 aromatic carbocycles. The van der Waals surface area contributed by atoms with Crippen molar-refractivity contribution in [1.82, 2.24) is 13.7 Å². The summed E-state index contributed by atoms with van der Waals surface area (Å²) in [5, 5.41) is 0. The van der Waals surface area contributed by atoms with Crippen molar-refractivity contribution in [2.45, 2.75) is 80.8 Å². The second kappa shape index (κ2) is 12.2. The van der Waals surface area contributed by atoms with E-state index in [0.717, 1.165) is 39.3 Å². The molecule has 6 nitrogen and oxygen atoms in total. The molecule has 6 heterocycles. The lowest BCUT2D eigenvalue weighted by Gasteiger charge is -2.21. The molecule has 0 saturated heterocycles. The lowest BCUT2D eigenvalue weighted by atomic mass is 9.87. The monoisotopic (exact) mass is 756 g/mol. The van der Waals surface area contributed by atoms with Gasteiger partial charge in [0.1, 0.15) is 76.4 Å². The molecule has 222 valence electrons. The van der Waals surface area contributed by atoms with Gasteiger partial charge in [-0.2, -0.15) is 0 Å². The van der Waals surface area contributed by atoms with E-state index in [2.05, 4.69) is 125 Å². The number of rotatable bonds is 0. The van der Waals surface area contributed by atoms with Gasteiger partial charge in [0.2, 0.25) is 19.0 Å². The highest BCUT2D eigenvalue weighted by Gasteiger charge is 2.26. The highest BCUT2D eigenvalue weighted by molar-refractivity contribution is 5.52. The number of halogens is 3. The zero-order chi connectivity index (χ0) is 27.0. The van der Waals surface area contributed by atoms with Gasteiger partial charge in [0, 0.05) is 33.4 Å². The molecule has 9 heteroatoms. The normalized spacial score (nSPS) is 13.3. The molecule has 0 spiro atoms. The van der Waals surface area contributed by atoms with E-state index in [0.29, 0.717) is 0 Å². The Labute approximate surface area is 280 Å². The Balaban J connectivity index is 0.00000135. The van der Waals surface area contributed by atoms with Gasteiger partial charge in [-0.15, -0.1) is 0 Å². The molecule has 0 amide bonds. The first kappa shape index (κ1) is 32.4. The Morgan fingerprint density at radius 2 is 0.643 bits per heavy atom. The first-order valence-corrected chi connectivity index (χ1v) is 14.1.